The van der Waals surface area contributed by atoms with Crippen molar-refractivity contribution in [3.63, 3.8) is 0 Å². The summed E-state index contributed by atoms with van der Waals surface area (Å²) < 4.78 is 34.8. The fourth-order valence-corrected chi connectivity index (χ4v) is 5.77. The number of carbonyl (C=O) groups is 2. The van der Waals surface area contributed by atoms with Crippen molar-refractivity contribution in [1.29, 1.82) is 0 Å². The SMILES string of the molecule is CCOC(=O)c1cc(S(=O)(=O)N2CCC[C@@H]2C(=O)Nc2ccc(C)cc2Br)cn1C. The number of aromatic nitrogens is 1. The Morgan fingerprint density at radius 1 is 1.30 bits per heavy atom. The summed E-state index contributed by atoms with van der Waals surface area (Å²) in [7, 11) is -2.38. The van der Waals surface area contributed by atoms with Crippen molar-refractivity contribution < 1.29 is 22.7 Å². The molecule has 1 aromatic carbocycles. The molecule has 10 heteroatoms. The second-order valence-electron chi connectivity index (χ2n) is 7.14. The first-order valence-electron chi connectivity index (χ1n) is 9.57. The van der Waals surface area contributed by atoms with Gasteiger partial charge in [0.2, 0.25) is 15.9 Å². The number of amides is 1. The number of anilines is 1. The highest BCUT2D eigenvalue weighted by molar-refractivity contribution is 9.10. The van der Waals surface area contributed by atoms with Gasteiger partial charge in [-0.2, -0.15) is 4.31 Å². The molecule has 2 heterocycles. The van der Waals surface area contributed by atoms with E-state index in [0.717, 1.165) is 10.0 Å². The molecule has 0 unspecified atom stereocenters. The number of nitrogens with one attached hydrogen (secondary N) is 1. The molecule has 1 aromatic heterocycles. The van der Waals surface area contributed by atoms with E-state index in [2.05, 4.69) is 21.2 Å². The number of rotatable bonds is 6. The average molecular weight is 498 g/mol. The Morgan fingerprint density at radius 3 is 2.70 bits per heavy atom. The highest BCUT2D eigenvalue weighted by Crippen LogP contribution is 2.29. The molecule has 1 amide bonds. The molecule has 1 saturated heterocycles. The van der Waals surface area contributed by atoms with Gasteiger partial charge in [0.25, 0.3) is 0 Å². The van der Waals surface area contributed by atoms with Gasteiger partial charge >= 0.3 is 5.97 Å². The third-order valence-corrected chi connectivity index (χ3v) is 7.49. The summed E-state index contributed by atoms with van der Waals surface area (Å²) >= 11 is 3.42. The Hall–Kier alpha value is -2.17. The summed E-state index contributed by atoms with van der Waals surface area (Å²) in [4.78, 5) is 24.9. The molecule has 1 fully saturated rings. The molecule has 162 valence electrons. The van der Waals surface area contributed by atoms with E-state index >= 15 is 0 Å². The van der Waals surface area contributed by atoms with Crippen molar-refractivity contribution in [3.05, 3.63) is 46.2 Å². The van der Waals surface area contributed by atoms with Crippen LogP contribution in [0.15, 0.2) is 39.8 Å². The fourth-order valence-electron chi connectivity index (χ4n) is 3.45. The molecule has 3 rings (SSSR count). The maximum atomic E-state index is 13.2. The molecule has 1 atom stereocenters. The lowest BCUT2D eigenvalue weighted by atomic mass is 10.2. The number of benzene rings is 1. The highest BCUT2D eigenvalue weighted by Gasteiger charge is 2.40. The molecule has 1 N–H and O–H groups in total. The molecule has 1 aliphatic heterocycles. The first-order valence-corrected chi connectivity index (χ1v) is 11.8. The third-order valence-electron chi connectivity index (χ3n) is 4.96. The molecule has 30 heavy (non-hydrogen) atoms. The zero-order valence-corrected chi connectivity index (χ0v) is 19.4. The Morgan fingerprint density at radius 2 is 2.03 bits per heavy atom. The van der Waals surface area contributed by atoms with Crippen molar-refractivity contribution in [2.45, 2.75) is 37.6 Å². The minimum Gasteiger partial charge on any atom is -0.461 e. The van der Waals surface area contributed by atoms with Gasteiger partial charge in [-0.1, -0.05) is 6.07 Å². The second kappa shape index (κ2) is 8.91. The van der Waals surface area contributed by atoms with E-state index in [9.17, 15) is 18.0 Å². The number of halogens is 1. The van der Waals surface area contributed by atoms with E-state index in [1.165, 1.54) is 21.1 Å². The van der Waals surface area contributed by atoms with Crippen LogP contribution in [-0.4, -0.2) is 48.4 Å². The fraction of sp³-hybridized carbons (Fsp3) is 0.400. The van der Waals surface area contributed by atoms with Crippen molar-refractivity contribution in [2.75, 3.05) is 18.5 Å². The van der Waals surface area contributed by atoms with Gasteiger partial charge in [-0.3, -0.25) is 4.79 Å². The summed E-state index contributed by atoms with van der Waals surface area (Å²) in [5, 5.41) is 2.81. The topological polar surface area (TPSA) is 97.7 Å². The number of nitrogens with zero attached hydrogens (tertiary/aromatic N) is 2. The highest BCUT2D eigenvalue weighted by atomic mass is 79.9. The van der Waals surface area contributed by atoms with Gasteiger partial charge in [0.15, 0.2) is 0 Å². The van der Waals surface area contributed by atoms with Crippen LogP contribution in [0.1, 0.15) is 35.8 Å². The molecule has 0 spiro atoms. The van der Waals surface area contributed by atoms with Crippen molar-refractivity contribution in [1.82, 2.24) is 8.87 Å². The van der Waals surface area contributed by atoms with Crippen LogP contribution in [0.2, 0.25) is 0 Å². The first-order chi connectivity index (χ1) is 14.1. The molecule has 0 radical (unpaired) electrons. The molecule has 0 aliphatic carbocycles. The number of hydrogen-bond acceptors (Lipinski definition) is 5. The van der Waals surface area contributed by atoms with Crippen LogP contribution in [0, 0.1) is 6.92 Å². The predicted octanol–water partition coefficient (Wildman–Crippen LogP) is 3.06. The maximum absolute atomic E-state index is 13.2. The van der Waals surface area contributed by atoms with Gasteiger partial charge in [-0.05, 0) is 66.4 Å². The normalized spacial score (nSPS) is 17.1. The Balaban J connectivity index is 1.84. The molecular weight excluding hydrogens is 474 g/mol. The van der Waals surface area contributed by atoms with E-state index in [0.29, 0.717) is 18.5 Å². The second-order valence-corrected chi connectivity index (χ2v) is 9.88. The largest absolute Gasteiger partial charge is 0.461 e. The zero-order valence-electron chi connectivity index (χ0n) is 17.0. The van der Waals surface area contributed by atoms with Gasteiger partial charge in [-0.25, -0.2) is 13.2 Å². The van der Waals surface area contributed by atoms with Gasteiger partial charge in [0.1, 0.15) is 16.6 Å². The van der Waals surface area contributed by atoms with Crippen LogP contribution in [-0.2, 0) is 26.6 Å². The van der Waals surface area contributed by atoms with Crippen LogP contribution >= 0.6 is 15.9 Å². The van der Waals surface area contributed by atoms with E-state index in [1.54, 1.807) is 20.0 Å². The van der Waals surface area contributed by atoms with Crippen LogP contribution in [0.4, 0.5) is 5.69 Å². The van der Waals surface area contributed by atoms with Gasteiger partial charge in [0, 0.05) is 24.3 Å². The molecule has 0 saturated carbocycles. The minimum absolute atomic E-state index is 0.0377. The van der Waals surface area contributed by atoms with Gasteiger partial charge in [0.05, 0.1) is 12.3 Å². The van der Waals surface area contributed by atoms with Crippen molar-refractivity contribution in [3.8, 4) is 0 Å². The number of esters is 1. The summed E-state index contributed by atoms with van der Waals surface area (Å²) in [6.07, 6.45) is 2.36. The average Bonchev–Trinajstić information content (AvgIpc) is 3.32. The Kier molecular flexibility index (Phi) is 6.68. The molecule has 8 nitrogen and oxygen atoms in total. The zero-order chi connectivity index (χ0) is 22.1. The Labute approximate surface area is 184 Å². The molecule has 2 aromatic rings. The Bertz CT molecular complexity index is 1080. The lowest BCUT2D eigenvalue weighted by Crippen LogP contribution is -2.43. The third kappa shape index (κ3) is 4.45. The van der Waals surface area contributed by atoms with Crippen LogP contribution in [0.25, 0.3) is 0 Å². The quantitative estimate of drug-likeness (QED) is 0.618. The molecule has 1 aliphatic rings. The number of ether oxygens (including phenoxy) is 1. The van der Waals surface area contributed by atoms with Crippen molar-refractivity contribution >= 4 is 43.5 Å². The van der Waals surface area contributed by atoms with E-state index < -0.39 is 22.0 Å². The summed E-state index contributed by atoms with van der Waals surface area (Å²) in [5.74, 6) is -0.983. The molecule has 0 bridgehead atoms. The van der Waals surface area contributed by atoms with Gasteiger partial charge < -0.3 is 14.6 Å². The number of carbonyl (C=O) groups excluding carboxylic acids is 2. The first kappa shape index (κ1) is 22.5. The van der Waals surface area contributed by atoms with E-state index in [-0.39, 0.29) is 29.6 Å². The minimum atomic E-state index is -3.96. The van der Waals surface area contributed by atoms with E-state index in [1.807, 2.05) is 19.1 Å². The van der Waals surface area contributed by atoms with E-state index in [4.69, 9.17) is 4.74 Å². The van der Waals surface area contributed by atoms with Crippen LogP contribution < -0.4 is 5.32 Å². The lowest BCUT2D eigenvalue weighted by Gasteiger charge is -2.23. The van der Waals surface area contributed by atoms with Gasteiger partial charge in [-0.15, -0.1) is 0 Å². The maximum Gasteiger partial charge on any atom is 0.354 e. The summed E-state index contributed by atoms with van der Waals surface area (Å²) in [6, 6.07) is 5.98. The smallest absolute Gasteiger partial charge is 0.354 e. The molecular formula is C20H24BrN3O5S. The van der Waals surface area contributed by atoms with Crippen molar-refractivity contribution in [2.24, 2.45) is 7.05 Å². The standard InChI is InChI=1S/C20H24BrN3O5S/c1-4-29-20(26)18-11-14(12-23(18)3)30(27,28)24-9-5-6-17(24)19(25)22-16-8-7-13(2)10-15(16)21/h7-8,10-12,17H,4-6,9H2,1-3H3,(H,22,25)/t17-/m1/s1. The summed E-state index contributed by atoms with van der Waals surface area (Å²) in [5.41, 5.74) is 1.75. The predicted molar refractivity (Wildman–Crippen MR) is 116 cm³/mol. The number of aryl methyl sites for hydroxylation is 2. The lowest BCUT2D eigenvalue weighted by molar-refractivity contribution is -0.119. The summed E-state index contributed by atoms with van der Waals surface area (Å²) in [6.45, 7) is 4.04. The van der Waals surface area contributed by atoms with Crippen LogP contribution in [0.5, 0.6) is 0 Å². The number of sulfonamides is 1. The monoisotopic (exact) mass is 497 g/mol. The van der Waals surface area contributed by atoms with Crippen LogP contribution in [0.3, 0.4) is 0 Å². The number of hydrogen-bond donors (Lipinski definition) is 1.